The average Bonchev–Trinajstić information content (AvgIpc) is 3.05. The minimum Gasteiger partial charge on any atom is -0.491 e. The van der Waals surface area contributed by atoms with Crippen molar-refractivity contribution in [1.29, 1.82) is 0 Å². The van der Waals surface area contributed by atoms with Gasteiger partial charge in [-0.25, -0.2) is 4.79 Å². The summed E-state index contributed by atoms with van der Waals surface area (Å²) in [6, 6.07) is 6.70. The molecule has 3 rings (SSSR count). The first-order valence-corrected chi connectivity index (χ1v) is 12.1. The van der Waals surface area contributed by atoms with E-state index in [2.05, 4.69) is 5.32 Å². The zero-order valence-corrected chi connectivity index (χ0v) is 19.7. The molecule has 1 aromatic rings. The standard InChI is InChI=1S/C25H35N3O6/c1-17(24(31)28-11-12-33-21-10-6-5-9-19(21)15-28)13-20(16-29)27-23(30)22(34-25(26)32)14-18-7-3-2-4-8-18/h5-6,9-10,16-18,20,22H,2-4,7-8,11-15H2,1H3,(H2,26,32)(H,27,30)/t17?,20-,22-/m0/s1. The number of primary amides is 1. The molecule has 3 atom stereocenters. The maximum atomic E-state index is 13.1. The summed E-state index contributed by atoms with van der Waals surface area (Å²) in [6.45, 7) is 2.98. The van der Waals surface area contributed by atoms with Crippen LogP contribution >= 0.6 is 0 Å². The summed E-state index contributed by atoms with van der Waals surface area (Å²) in [5.41, 5.74) is 6.10. The third kappa shape index (κ3) is 7.20. The van der Waals surface area contributed by atoms with Crippen molar-refractivity contribution in [2.24, 2.45) is 17.6 Å². The Labute approximate surface area is 200 Å². The quantitative estimate of drug-likeness (QED) is 0.531. The van der Waals surface area contributed by atoms with Crippen LogP contribution in [-0.4, -0.2) is 54.4 Å². The first-order chi connectivity index (χ1) is 16.4. The molecule has 1 saturated carbocycles. The molecule has 1 unspecified atom stereocenters. The van der Waals surface area contributed by atoms with E-state index >= 15 is 0 Å². The monoisotopic (exact) mass is 473 g/mol. The molecule has 0 spiro atoms. The van der Waals surface area contributed by atoms with Gasteiger partial charge in [-0.1, -0.05) is 57.2 Å². The van der Waals surface area contributed by atoms with Gasteiger partial charge in [0.15, 0.2) is 6.10 Å². The summed E-state index contributed by atoms with van der Waals surface area (Å²) >= 11 is 0. The van der Waals surface area contributed by atoms with Gasteiger partial charge in [-0.3, -0.25) is 9.59 Å². The van der Waals surface area contributed by atoms with Gasteiger partial charge in [0.25, 0.3) is 5.91 Å². The molecule has 1 fully saturated rings. The average molecular weight is 474 g/mol. The SMILES string of the molecule is CC(C[C@@H](C=O)NC(=O)[C@H](CC1CCCCC1)OC(N)=O)C(=O)N1CCOc2ccccc2C1. The lowest BCUT2D eigenvalue weighted by Gasteiger charge is -2.27. The largest absolute Gasteiger partial charge is 0.491 e. The molecule has 1 aromatic carbocycles. The summed E-state index contributed by atoms with van der Waals surface area (Å²) in [5, 5.41) is 2.64. The van der Waals surface area contributed by atoms with Crippen molar-refractivity contribution in [3.63, 3.8) is 0 Å². The molecule has 186 valence electrons. The van der Waals surface area contributed by atoms with Gasteiger partial charge in [0, 0.05) is 18.0 Å². The van der Waals surface area contributed by atoms with Crippen LogP contribution in [0.25, 0.3) is 0 Å². The maximum absolute atomic E-state index is 13.1. The summed E-state index contributed by atoms with van der Waals surface area (Å²) in [7, 11) is 0. The van der Waals surface area contributed by atoms with E-state index in [9.17, 15) is 19.2 Å². The number of nitrogens with two attached hydrogens (primary N) is 1. The third-order valence-corrected chi connectivity index (χ3v) is 6.61. The number of nitrogens with zero attached hydrogens (tertiary/aromatic N) is 1. The number of aldehydes is 1. The van der Waals surface area contributed by atoms with E-state index in [1.54, 1.807) is 11.8 Å². The number of rotatable bonds is 9. The Morgan fingerprint density at radius 2 is 1.97 bits per heavy atom. The number of hydrogen-bond acceptors (Lipinski definition) is 6. The zero-order valence-electron chi connectivity index (χ0n) is 19.7. The highest BCUT2D eigenvalue weighted by Crippen LogP contribution is 2.28. The predicted octanol–water partition coefficient (Wildman–Crippen LogP) is 2.55. The number of fused-ring (bicyclic) bond motifs is 1. The highest BCUT2D eigenvalue weighted by atomic mass is 16.6. The van der Waals surface area contributed by atoms with Crippen molar-refractivity contribution >= 4 is 24.2 Å². The molecule has 2 aliphatic rings. The van der Waals surface area contributed by atoms with Gasteiger partial charge < -0.3 is 30.2 Å². The van der Waals surface area contributed by atoms with Crippen LogP contribution in [0, 0.1) is 11.8 Å². The van der Waals surface area contributed by atoms with Gasteiger partial charge in [0.05, 0.1) is 12.6 Å². The number of carbonyl (C=O) groups excluding carboxylic acids is 4. The lowest BCUT2D eigenvalue weighted by Crippen LogP contribution is -2.47. The van der Waals surface area contributed by atoms with Crippen molar-refractivity contribution in [3.8, 4) is 5.75 Å². The second-order valence-electron chi connectivity index (χ2n) is 9.27. The van der Waals surface area contributed by atoms with E-state index in [0.29, 0.717) is 32.4 Å². The van der Waals surface area contributed by atoms with E-state index in [4.69, 9.17) is 15.2 Å². The van der Waals surface area contributed by atoms with Gasteiger partial charge in [-0.2, -0.15) is 0 Å². The van der Waals surface area contributed by atoms with Gasteiger partial charge in [0.1, 0.15) is 18.6 Å². The lowest BCUT2D eigenvalue weighted by molar-refractivity contribution is -0.137. The second-order valence-corrected chi connectivity index (χ2v) is 9.27. The fourth-order valence-electron chi connectivity index (χ4n) is 4.81. The van der Waals surface area contributed by atoms with Crippen LogP contribution in [0.4, 0.5) is 4.79 Å². The van der Waals surface area contributed by atoms with E-state index in [-0.39, 0.29) is 18.2 Å². The first kappa shape index (κ1) is 25.5. The molecule has 9 nitrogen and oxygen atoms in total. The lowest BCUT2D eigenvalue weighted by atomic mass is 9.85. The van der Waals surface area contributed by atoms with E-state index in [0.717, 1.165) is 43.4 Å². The molecule has 0 aromatic heterocycles. The van der Waals surface area contributed by atoms with Gasteiger partial charge in [0.2, 0.25) is 5.91 Å². The van der Waals surface area contributed by atoms with Crippen molar-refractivity contribution in [2.45, 2.75) is 70.6 Å². The molecule has 1 aliphatic heterocycles. The van der Waals surface area contributed by atoms with Crippen LogP contribution in [-0.2, 0) is 25.7 Å². The molecule has 0 radical (unpaired) electrons. The minimum absolute atomic E-state index is 0.117. The number of para-hydroxylation sites is 1. The molecule has 9 heteroatoms. The van der Waals surface area contributed by atoms with E-state index in [1.807, 2.05) is 24.3 Å². The first-order valence-electron chi connectivity index (χ1n) is 12.1. The van der Waals surface area contributed by atoms with Crippen LogP contribution in [0.3, 0.4) is 0 Å². The molecule has 3 amide bonds. The Morgan fingerprint density at radius 3 is 2.68 bits per heavy atom. The van der Waals surface area contributed by atoms with E-state index in [1.165, 1.54) is 0 Å². The fourth-order valence-corrected chi connectivity index (χ4v) is 4.81. The Balaban J connectivity index is 1.58. The summed E-state index contributed by atoms with van der Waals surface area (Å²) < 4.78 is 10.8. The van der Waals surface area contributed by atoms with Gasteiger partial charge in [-0.05, 0) is 24.8 Å². The smallest absolute Gasteiger partial charge is 0.405 e. The molecule has 1 aliphatic carbocycles. The number of nitrogens with one attached hydrogen (secondary N) is 1. The predicted molar refractivity (Wildman–Crippen MR) is 125 cm³/mol. The molecule has 0 bridgehead atoms. The van der Waals surface area contributed by atoms with Crippen molar-refractivity contribution in [1.82, 2.24) is 10.2 Å². The zero-order chi connectivity index (χ0) is 24.5. The van der Waals surface area contributed by atoms with Gasteiger partial charge in [-0.15, -0.1) is 0 Å². The maximum Gasteiger partial charge on any atom is 0.405 e. The Bertz CT molecular complexity index is 870. The second kappa shape index (κ2) is 12.4. The molecular weight excluding hydrogens is 438 g/mol. The minimum atomic E-state index is -1.05. The molecule has 0 saturated heterocycles. The molecular formula is C25H35N3O6. The number of hydrogen-bond donors (Lipinski definition) is 2. The van der Waals surface area contributed by atoms with Crippen molar-refractivity contribution in [3.05, 3.63) is 29.8 Å². The van der Waals surface area contributed by atoms with Crippen LogP contribution in [0.2, 0.25) is 0 Å². The van der Waals surface area contributed by atoms with Crippen LogP contribution < -0.4 is 15.8 Å². The van der Waals surface area contributed by atoms with E-state index < -0.39 is 30.1 Å². The molecule has 1 heterocycles. The van der Waals surface area contributed by atoms with Crippen LogP contribution in [0.15, 0.2) is 24.3 Å². The Morgan fingerprint density at radius 1 is 1.24 bits per heavy atom. The van der Waals surface area contributed by atoms with Crippen LogP contribution in [0.1, 0.15) is 57.4 Å². The third-order valence-electron chi connectivity index (χ3n) is 6.61. The molecule has 3 N–H and O–H groups in total. The Kier molecular flexibility index (Phi) is 9.30. The van der Waals surface area contributed by atoms with Crippen LogP contribution in [0.5, 0.6) is 5.75 Å². The number of amides is 3. The topological polar surface area (TPSA) is 128 Å². The highest BCUT2D eigenvalue weighted by Gasteiger charge is 2.31. The number of benzene rings is 1. The summed E-state index contributed by atoms with van der Waals surface area (Å²) in [6.07, 6.45) is 4.33. The Hall–Kier alpha value is -3.10. The van der Waals surface area contributed by atoms with Crippen molar-refractivity contribution in [2.75, 3.05) is 13.2 Å². The highest BCUT2D eigenvalue weighted by molar-refractivity contribution is 5.86. The fraction of sp³-hybridized carbons (Fsp3) is 0.600. The normalized spacial score (nSPS) is 18.9. The summed E-state index contributed by atoms with van der Waals surface area (Å²) in [4.78, 5) is 50.7. The summed E-state index contributed by atoms with van der Waals surface area (Å²) in [5.74, 6) is -0.143. The number of ether oxygens (including phenoxy) is 2. The van der Waals surface area contributed by atoms with Crippen molar-refractivity contribution < 1.29 is 28.7 Å². The number of carbonyl (C=O) groups is 4. The molecule has 34 heavy (non-hydrogen) atoms. The van der Waals surface area contributed by atoms with Gasteiger partial charge >= 0.3 is 6.09 Å².